The zero-order valence-corrected chi connectivity index (χ0v) is 7.96. The van der Waals surface area contributed by atoms with Gasteiger partial charge in [0.2, 0.25) is 5.91 Å². The maximum absolute atomic E-state index is 13.1. The fraction of sp³-hybridized carbons (Fsp3) is 0.364. The zero-order valence-electron chi connectivity index (χ0n) is 7.96. The summed E-state index contributed by atoms with van der Waals surface area (Å²) in [4.78, 5) is 11.5. The van der Waals surface area contributed by atoms with Crippen molar-refractivity contribution in [2.45, 2.75) is 13.3 Å². The minimum absolute atomic E-state index is 0.0670. The normalized spacial score (nSPS) is 24.4. The molecule has 0 saturated heterocycles. The molecular formula is C11H12FNO. The molecule has 2 atom stereocenters. The molecule has 2 nitrogen and oxygen atoms in total. The van der Waals surface area contributed by atoms with Gasteiger partial charge in [-0.2, -0.15) is 0 Å². The first-order chi connectivity index (χ1) is 6.68. The number of anilines is 1. The van der Waals surface area contributed by atoms with Gasteiger partial charge in [-0.25, -0.2) is 4.39 Å². The summed E-state index contributed by atoms with van der Waals surface area (Å²) in [5, 5.41) is 2.59. The quantitative estimate of drug-likeness (QED) is 0.767. The van der Waals surface area contributed by atoms with Crippen molar-refractivity contribution in [3.63, 3.8) is 0 Å². The fourth-order valence-corrected chi connectivity index (χ4v) is 1.48. The van der Waals surface area contributed by atoms with Crippen LogP contribution in [0.3, 0.4) is 0 Å². The molecule has 0 bridgehead atoms. The Kier molecular flexibility index (Phi) is 2.23. The zero-order chi connectivity index (χ0) is 10.1. The lowest BCUT2D eigenvalue weighted by atomic mass is 10.2. The summed E-state index contributed by atoms with van der Waals surface area (Å²) in [6.45, 7) is 2.02. The van der Waals surface area contributed by atoms with E-state index >= 15 is 0 Å². The molecule has 1 fully saturated rings. The minimum atomic E-state index is -0.380. The molecule has 2 rings (SSSR count). The number of carbonyl (C=O) groups is 1. The van der Waals surface area contributed by atoms with Gasteiger partial charge in [-0.1, -0.05) is 19.1 Å². The number of benzene rings is 1. The maximum atomic E-state index is 13.1. The minimum Gasteiger partial charge on any atom is -0.323 e. The van der Waals surface area contributed by atoms with Crippen molar-refractivity contribution in [2.75, 3.05) is 5.32 Å². The van der Waals surface area contributed by atoms with Crippen molar-refractivity contribution < 1.29 is 9.18 Å². The molecule has 0 aliphatic heterocycles. The first-order valence-corrected chi connectivity index (χ1v) is 4.74. The van der Waals surface area contributed by atoms with Gasteiger partial charge in [-0.3, -0.25) is 4.79 Å². The second kappa shape index (κ2) is 3.40. The van der Waals surface area contributed by atoms with Crippen molar-refractivity contribution >= 4 is 11.6 Å². The smallest absolute Gasteiger partial charge is 0.227 e. The van der Waals surface area contributed by atoms with Crippen LogP contribution < -0.4 is 5.32 Å². The number of amides is 1. The van der Waals surface area contributed by atoms with Crippen molar-refractivity contribution in [3.05, 3.63) is 30.1 Å². The number of hydrogen-bond acceptors (Lipinski definition) is 1. The molecule has 1 aliphatic carbocycles. The summed E-state index contributed by atoms with van der Waals surface area (Å²) in [5.41, 5.74) is 0.275. The third-order valence-electron chi connectivity index (χ3n) is 2.58. The van der Waals surface area contributed by atoms with Gasteiger partial charge in [0, 0.05) is 5.92 Å². The molecule has 1 aromatic rings. The maximum Gasteiger partial charge on any atom is 0.227 e. The van der Waals surface area contributed by atoms with Crippen LogP contribution in [0.5, 0.6) is 0 Å². The van der Waals surface area contributed by atoms with Crippen molar-refractivity contribution in [1.29, 1.82) is 0 Å². The lowest BCUT2D eigenvalue weighted by Crippen LogP contribution is -2.15. The molecule has 0 spiro atoms. The van der Waals surface area contributed by atoms with E-state index in [-0.39, 0.29) is 23.3 Å². The van der Waals surface area contributed by atoms with Crippen LogP contribution in [0.25, 0.3) is 0 Å². The molecule has 0 heterocycles. The first kappa shape index (κ1) is 9.19. The van der Waals surface area contributed by atoms with Crippen molar-refractivity contribution in [1.82, 2.24) is 0 Å². The van der Waals surface area contributed by atoms with Gasteiger partial charge < -0.3 is 5.32 Å². The Morgan fingerprint density at radius 1 is 1.50 bits per heavy atom. The lowest BCUT2D eigenvalue weighted by Gasteiger charge is -2.04. The highest BCUT2D eigenvalue weighted by Crippen LogP contribution is 2.38. The van der Waals surface area contributed by atoms with E-state index in [9.17, 15) is 9.18 Å². The van der Waals surface area contributed by atoms with Crippen LogP contribution in [0.15, 0.2) is 24.3 Å². The Morgan fingerprint density at radius 2 is 2.14 bits per heavy atom. The van der Waals surface area contributed by atoms with Crippen LogP contribution in [0.2, 0.25) is 0 Å². The summed E-state index contributed by atoms with van der Waals surface area (Å²) >= 11 is 0. The molecule has 1 amide bonds. The molecule has 0 radical (unpaired) electrons. The van der Waals surface area contributed by atoms with Gasteiger partial charge in [0.15, 0.2) is 0 Å². The van der Waals surface area contributed by atoms with Crippen LogP contribution in [0.1, 0.15) is 13.3 Å². The van der Waals surface area contributed by atoms with Crippen LogP contribution in [0.4, 0.5) is 10.1 Å². The number of rotatable bonds is 2. The van der Waals surface area contributed by atoms with Crippen molar-refractivity contribution in [2.24, 2.45) is 11.8 Å². The average Bonchev–Trinajstić information content (AvgIpc) is 2.87. The Labute approximate surface area is 82.1 Å². The Hall–Kier alpha value is -1.38. The van der Waals surface area contributed by atoms with E-state index in [2.05, 4.69) is 5.32 Å². The molecular weight excluding hydrogens is 181 g/mol. The van der Waals surface area contributed by atoms with E-state index in [0.717, 1.165) is 6.42 Å². The van der Waals surface area contributed by atoms with E-state index in [1.807, 2.05) is 6.92 Å². The van der Waals surface area contributed by atoms with Gasteiger partial charge in [-0.15, -0.1) is 0 Å². The third kappa shape index (κ3) is 1.76. The third-order valence-corrected chi connectivity index (χ3v) is 2.58. The van der Waals surface area contributed by atoms with Crippen LogP contribution >= 0.6 is 0 Å². The molecule has 1 saturated carbocycles. The first-order valence-electron chi connectivity index (χ1n) is 4.74. The number of para-hydroxylation sites is 1. The highest BCUT2D eigenvalue weighted by molar-refractivity contribution is 5.94. The van der Waals surface area contributed by atoms with Crippen LogP contribution in [0, 0.1) is 17.7 Å². The molecule has 1 aromatic carbocycles. The molecule has 74 valence electrons. The SMILES string of the molecule is C[C@@H]1C[C@@H]1C(=O)Nc1ccccc1F. The summed E-state index contributed by atoms with van der Waals surface area (Å²) in [5.74, 6) is 0.0770. The molecule has 0 aromatic heterocycles. The van der Waals surface area contributed by atoms with Gasteiger partial charge in [-0.05, 0) is 24.5 Å². The molecule has 1 aliphatic rings. The Morgan fingerprint density at radius 3 is 2.71 bits per heavy atom. The van der Waals surface area contributed by atoms with Crippen LogP contribution in [-0.2, 0) is 4.79 Å². The summed E-state index contributed by atoms with van der Waals surface area (Å²) < 4.78 is 13.1. The molecule has 1 N–H and O–H groups in total. The molecule has 3 heteroatoms. The second-order valence-corrected chi connectivity index (χ2v) is 3.79. The van der Waals surface area contributed by atoms with Crippen LogP contribution in [-0.4, -0.2) is 5.91 Å². The summed E-state index contributed by atoms with van der Waals surface area (Å²) in [7, 11) is 0. The van der Waals surface area contributed by atoms with Gasteiger partial charge in [0.25, 0.3) is 0 Å². The van der Waals surface area contributed by atoms with Gasteiger partial charge >= 0.3 is 0 Å². The second-order valence-electron chi connectivity index (χ2n) is 3.79. The fourth-order valence-electron chi connectivity index (χ4n) is 1.48. The molecule has 14 heavy (non-hydrogen) atoms. The summed E-state index contributed by atoms with van der Waals surface area (Å²) in [6, 6.07) is 6.21. The highest BCUT2D eigenvalue weighted by atomic mass is 19.1. The predicted octanol–water partition coefficient (Wildman–Crippen LogP) is 2.42. The average molecular weight is 193 g/mol. The lowest BCUT2D eigenvalue weighted by molar-refractivity contribution is -0.117. The number of nitrogens with one attached hydrogen (secondary N) is 1. The number of carbonyl (C=O) groups excluding carboxylic acids is 1. The van der Waals surface area contributed by atoms with Gasteiger partial charge in [0.05, 0.1) is 5.69 Å². The monoisotopic (exact) mass is 193 g/mol. The van der Waals surface area contributed by atoms with E-state index in [1.54, 1.807) is 18.2 Å². The highest BCUT2D eigenvalue weighted by Gasteiger charge is 2.39. The van der Waals surface area contributed by atoms with E-state index < -0.39 is 0 Å². The van der Waals surface area contributed by atoms with E-state index in [0.29, 0.717) is 5.92 Å². The standard InChI is InChI=1S/C11H12FNO/c1-7-6-8(7)11(14)13-10-5-3-2-4-9(10)12/h2-5,7-8H,6H2,1H3,(H,13,14)/t7-,8+/m1/s1. The summed E-state index contributed by atoms with van der Waals surface area (Å²) in [6.07, 6.45) is 0.917. The molecule has 0 unspecified atom stereocenters. The Balaban J connectivity index is 2.04. The Bertz CT molecular complexity index is 364. The topological polar surface area (TPSA) is 29.1 Å². The largest absolute Gasteiger partial charge is 0.323 e. The number of hydrogen-bond donors (Lipinski definition) is 1. The number of halogens is 1. The van der Waals surface area contributed by atoms with E-state index in [4.69, 9.17) is 0 Å². The van der Waals surface area contributed by atoms with E-state index in [1.165, 1.54) is 6.07 Å². The van der Waals surface area contributed by atoms with Crippen molar-refractivity contribution in [3.8, 4) is 0 Å². The predicted molar refractivity (Wildman–Crippen MR) is 52.3 cm³/mol. The van der Waals surface area contributed by atoms with Gasteiger partial charge in [0.1, 0.15) is 5.82 Å².